The summed E-state index contributed by atoms with van der Waals surface area (Å²) >= 11 is 0. The second-order valence-electron chi connectivity index (χ2n) is 6.26. The van der Waals surface area contributed by atoms with Crippen LogP contribution in [0.3, 0.4) is 0 Å². The fourth-order valence-electron chi connectivity index (χ4n) is 3.43. The van der Waals surface area contributed by atoms with Crippen LogP contribution in [0.25, 0.3) is 32.3 Å². The highest BCUT2D eigenvalue weighted by Gasteiger charge is 2.07. The highest BCUT2D eigenvalue weighted by atomic mass is 16.5. The van der Waals surface area contributed by atoms with Gasteiger partial charge in [-0.25, -0.2) is 0 Å². The number of ether oxygens (including phenoxy) is 1. The molecule has 0 unspecified atom stereocenters. The summed E-state index contributed by atoms with van der Waals surface area (Å²) in [5.74, 6) is 1.78. The predicted molar refractivity (Wildman–Crippen MR) is 105 cm³/mol. The van der Waals surface area contributed by atoms with Crippen molar-refractivity contribution in [2.24, 2.45) is 0 Å². The third-order valence-electron chi connectivity index (χ3n) is 4.68. The van der Waals surface area contributed by atoms with Gasteiger partial charge in [-0.15, -0.1) is 0 Å². The first-order valence-corrected chi connectivity index (χ1v) is 8.46. The Hall–Kier alpha value is -3.32. The molecule has 0 atom stereocenters. The third-order valence-corrected chi connectivity index (χ3v) is 4.68. The smallest absolute Gasteiger partial charge is 0.135 e. The molecule has 0 saturated heterocycles. The highest BCUT2D eigenvalue weighted by molar-refractivity contribution is 6.01. The van der Waals surface area contributed by atoms with E-state index in [9.17, 15) is 0 Å². The first-order chi connectivity index (χ1) is 12.4. The number of hydrogen-bond donors (Lipinski definition) is 0. The summed E-state index contributed by atoms with van der Waals surface area (Å²) in [6.07, 6.45) is 0. The zero-order chi connectivity index (χ0) is 16.6. The third kappa shape index (κ3) is 2.41. The Balaban J connectivity index is 1.71. The van der Waals surface area contributed by atoms with Crippen molar-refractivity contribution in [1.82, 2.24) is 0 Å². The summed E-state index contributed by atoms with van der Waals surface area (Å²) in [5, 5.41) is 7.11. The van der Waals surface area contributed by atoms with Crippen LogP contribution in [0, 0.1) is 0 Å². The molecule has 0 heterocycles. The van der Waals surface area contributed by atoms with Crippen molar-refractivity contribution in [2.45, 2.75) is 0 Å². The summed E-state index contributed by atoms with van der Waals surface area (Å²) < 4.78 is 6.35. The SMILES string of the molecule is c1ccc2cc3c(Oc4cccc5ccccc45)cccc3cc2c1. The lowest BCUT2D eigenvalue weighted by molar-refractivity contribution is 0.494. The molecule has 1 heteroatoms. The molecular formula is C24H16O. The van der Waals surface area contributed by atoms with Crippen LogP contribution in [-0.4, -0.2) is 0 Å². The molecule has 0 spiro atoms. The van der Waals surface area contributed by atoms with Crippen molar-refractivity contribution in [3.63, 3.8) is 0 Å². The van der Waals surface area contributed by atoms with E-state index in [1.54, 1.807) is 0 Å². The summed E-state index contributed by atoms with van der Waals surface area (Å²) in [5.41, 5.74) is 0. The Kier molecular flexibility index (Phi) is 3.17. The molecule has 0 aliphatic carbocycles. The van der Waals surface area contributed by atoms with Gasteiger partial charge in [0.25, 0.3) is 0 Å². The minimum Gasteiger partial charge on any atom is -0.456 e. The molecule has 0 aliphatic rings. The van der Waals surface area contributed by atoms with Crippen LogP contribution < -0.4 is 4.74 Å². The van der Waals surface area contributed by atoms with Gasteiger partial charge in [0.05, 0.1) is 0 Å². The van der Waals surface area contributed by atoms with E-state index < -0.39 is 0 Å². The Labute approximate surface area is 146 Å². The average molecular weight is 320 g/mol. The summed E-state index contributed by atoms with van der Waals surface area (Å²) in [7, 11) is 0. The molecule has 0 aliphatic heterocycles. The quantitative estimate of drug-likeness (QED) is 0.320. The predicted octanol–water partition coefficient (Wildman–Crippen LogP) is 6.94. The van der Waals surface area contributed by atoms with Gasteiger partial charge < -0.3 is 4.74 Å². The van der Waals surface area contributed by atoms with Gasteiger partial charge in [-0.1, -0.05) is 72.8 Å². The van der Waals surface area contributed by atoms with E-state index >= 15 is 0 Å². The Morgan fingerprint density at radius 1 is 0.400 bits per heavy atom. The van der Waals surface area contributed by atoms with Gasteiger partial charge in [-0.2, -0.15) is 0 Å². The summed E-state index contributed by atoms with van der Waals surface area (Å²) in [6.45, 7) is 0. The summed E-state index contributed by atoms with van der Waals surface area (Å²) in [4.78, 5) is 0. The lowest BCUT2D eigenvalue weighted by Gasteiger charge is -2.12. The summed E-state index contributed by atoms with van der Waals surface area (Å²) in [6, 6.07) is 33.6. The van der Waals surface area contributed by atoms with Gasteiger partial charge in [0, 0.05) is 10.8 Å². The van der Waals surface area contributed by atoms with E-state index in [4.69, 9.17) is 4.74 Å². The largest absolute Gasteiger partial charge is 0.456 e. The zero-order valence-corrected chi connectivity index (χ0v) is 13.6. The molecule has 25 heavy (non-hydrogen) atoms. The number of rotatable bonds is 2. The van der Waals surface area contributed by atoms with Crippen LogP contribution >= 0.6 is 0 Å². The number of fused-ring (bicyclic) bond motifs is 3. The van der Waals surface area contributed by atoms with Crippen molar-refractivity contribution < 1.29 is 4.74 Å². The van der Waals surface area contributed by atoms with Gasteiger partial charge in [0.15, 0.2) is 0 Å². The first kappa shape index (κ1) is 14.1. The van der Waals surface area contributed by atoms with Crippen molar-refractivity contribution in [2.75, 3.05) is 0 Å². The molecule has 0 radical (unpaired) electrons. The van der Waals surface area contributed by atoms with Crippen LogP contribution in [0.4, 0.5) is 0 Å². The molecule has 0 amide bonds. The van der Waals surface area contributed by atoms with Crippen molar-refractivity contribution in [3.05, 3.63) is 97.1 Å². The Morgan fingerprint density at radius 2 is 0.960 bits per heavy atom. The molecule has 118 valence electrons. The minimum absolute atomic E-state index is 0.888. The second kappa shape index (κ2) is 5.64. The fraction of sp³-hybridized carbons (Fsp3) is 0. The fourth-order valence-corrected chi connectivity index (χ4v) is 3.43. The lowest BCUT2D eigenvalue weighted by Crippen LogP contribution is -1.88. The van der Waals surface area contributed by atoms with Gasteiger partial charge in [0.2, 0.25) is 0 Å². The van der Waals surface area contributed by atoms with E-state index in [1.807, 2.05) is 24.3 Å². The molecule has 0 aromatic heterocycles. The monoisotopic (exact) mass is 320 g/mol. The van der Waals surface area contributed by atoms with Crippen molar-refractivity contribution in [3.8, 4) is 11.5 Å². The molecule has 5 aromatic carbocycles. The molecule has 0 N–H and O–H groups in total. The molecule has 0 bridgehead atoms. The maximum atomic E-state index is 6.35. The molecular weight excluding hydrogens is 304 g/mol. The van der Waals surface area contributed by atoms with Gasteiger partial charge in [0.1, 0.15) is 11.5 Å². The van der Waals surface area contributed by atoms with E-state index in [2.05, 4.69) is 72.8 Å². The second-order valence-corrected chi connectivity index (χ2v) is 6.26. The standard InChI is InChI=1S/C24H16O/c1-2-9-19-16-22-20(15-18(19)8-1)11-6-14-24(22)25-23-13-5-10-17-7-3-4-12-21(17)23/h1-16H. The van der Waals surface area contributed by atoms with Gasteiger partial charge in [-0.3, -0.25) is 0 Å². The van der Waals surface area contributed by atoms with Crippen LogP contribution in [0.15, 0.2) is 97.1 Å². The average Bonchev–Trinajstić information content (AvgIpc) is 2.67. The van der Waals surface area contributed by atoms with Crippen LogP contribution in [0.1, 0.15) is 0 Å². The van der Waals surface area contributed by atoms with E-state index in [-0.39, 0.29) is 0 Å². The van der Waals surface area contributed by atoms with Crippen molar-refractivity contribution >= 4 is 32.3 Å². The van der Waals surface area contributed by atoms with E-state index in [1.165, 1.54) is 21.5 Å². The van der Waals surface area contributed by atoms with Gasteiger partial charge >= 0.3 is 0 Å². The highest BCUT2D eigenvalue weighted by Crippen LogP contribution is 2.35. The molecule has 1 nitrogen and oxygen atoms in total. The Morgan fingerprint density at radius 3 is 1.76 bits per heavy atom. The number of hydrogen-bond acceptors (Lipinski definition) is 1. The van der Waals surface area contributed by atoms with Gasteiger partial charge in [-0.05, 0) is 45.8 Å². The first-order valence-electron chi connectivity index (χ1n) is 8.46. The van der Waals surface area contributed by atoms with Crippen LogP contribution in [0.2, 0.25) is 0 Å². The number of benzene rings is 5. The van der Waals surface area contributed by atoms with Crippen LogP contribution in [-0.2, 0) is 0 Å². The minimum atomic E-state index is 0.888. The van der Waals surface area contributed by atoms with Crippen LogP contribution in [0.5, 0.6) is 11.5 Å². The molecule has 5 aromatic rings. The normalized spacial score (nSPS) is 11.2. The maximum absolute atomic E-state index is 6.35. The molecule has 0 fully saturated rings. The lowest BCUT2D eigenvalue weighted by atomic mass is 10.0. The maximum Gasteiger partial charge on any atom is 0.135 e. The van der Waals surface area contributed by atoms with E-state index in [0.29, 0.717) is 0 Å². The molecule has 0 saturated carbocycles. The Bertz CT molecular complexity index is 1220. The van der Waals surface area contributed by atoms with E-state index in [0.717, 1.165) is 22.3 Å². The topological polar surface area (TPSA) is 9.23 Å². The zero-order valence-electron chi connectivity index (χ0n) is 13.6. The van der Waals surface area contributed by atoms with Crippen molar-refractivity contribution in [1.29, 1.82) is 0 Å². The molecule has 5 rings (SSSR count).